The molecule has 0 N–H and O–H groups in total. The predicted octanol–water partition coefficient (Wildman–Crippen LogP) is 3.53. The molecule has 0 radical (unpaired) electrons. The molecule has 18 heavy (non-hydrogen) atoms. The Balaban J connectivity index is 1.80. The van der Waals surface area contributed by atoms with Crippen molar-refractivity contribution in [2.24, 2.45) is 0 Å². The number of hydrogen-bond acceptors (Lipinski definition) is 5. The number of carbonyl (C=O) groups excluding carboxylic acids is 1. The highest BCUT2D eigenvalue weighted by Gasteiger charge is 2.30. The first-order chi connectivity index (χ1) is 8.78. The minimum Gasteiger partial charge on any atom is -0.346 e. The van der Waals surface area contributed by atoms with Gasteiger partial charge in [-0.3, -0.25) is 4.79 Å². The summed E-state index contributed by atoms with van der Waals surface area (Å²) in [5, 5.41) is 3.03. The Morgan fingerprint density at radius 3 is 3.00 bits per heavy atom. The topological polar surface area (TPSA) is 33.2 Å². The van der Waals surface area contributed by atoms with E-state index in [4.69, 9.17) is 0 Å². The van der Waals surface area contributed by atoms with Crippen molar-refractivity contribution in [3.8, 4) is 0 Å². The molecule has 0 unspecified atom stereocenters. The largest absolute Gasteiger partial charge is 0.346 e. The lowest BCUT2D eigenvalue weighted by Crippen LogP contribution is -2.15. The van der Waals surface area contributed by atoms with E-state index in [-0.39, 0.29) is 0 Å². The van der Waals surface area contributed by atoms with Gasteiger partial charge in [-0.05, 0) is 24.3 Å². The lowest BCUT2D eigenvalue weighted by Gasteiger charge is -2.13. The van der Waals surface area contributed by atoms with Gasteiger partial charge in [-0.2, -0.15) is 0 Å². The predicted molar refractivity (Wildman–Crippen MR) is 75.9 cm³/mol. The molecule has 1 fully saturated rings. The summed E-state index contributed by atoms with van der Waals surface area (Å²) in [5.41, 5.74) is 1.02. The summed E-state index contributed by atoms with van der Waals surface area (Å²) in [6.45, 7) is 0.855. The van der Waals surface area contributed by atoms with Crippen LogP contribution in [0.3, 0.4) is 0 Å². The summed E-state index contributed by atoms with van der Waals surface area (Å²) >= 11 is 3.26. The molecule has 1 saturated carbocycles. The minimum absolute atomic E-state index is 0.533. The van der Waals surface area contributed by atoms with Gasteiger partial charge in [0.2, 0.25) is 0 Å². The van der Waals surface area contributed by atoms with Crippen LogP contribution in [-0.4, -0.2) is 18.3 Å². The molecule has 0 saturated heterocycles. The maximum atomic E-state index is 11.1. The molecule has 0 amide bonds. The average molecular weight is 278 g/mol. The molecule has 0 spiro atoms. The maximum absolute atomic E-state index is 11.1. The molecule has 3 nitrogen and oxygen atoms in total. The number of carbonyl (C=O) groups is 1. The van der Waals surface area contributed by atoms with E-state index in [0.29, 0.717) is 5.92 Å². The lowest BCUT2D eigenvalue weighted by atomic mass is 10.3. The molecule has 2 aromatic heterocycles. The quantitative estimate of drug-likeness (QED) is 0.784. The molecule has 94 valence electrons. The normalized spacial score (nSPS) is 14.7. The zero-order chi connectivity index (χ0) is 12.5. The van der Waals surface area contributed by atoms with Crippen molar-refractivity contribution < 1.29 is 4.79 Å². The van der Waals surface area contributed by atoms with Crippen molar-refractivity contribution in [3.63, 3.8) is 0 Å². The fourth-order valence-electron chi connectivity index (χ4n) is 1.93. The first-order valence-corrected chi connectivity index (χ1v) is 7.67. The van der Waals surface area contributed by atoms with E-state index in [1.165, 1.54) is 29.1 Å². The Bertz CT molecular complexity index is 543. The summed E-state index contributed by atoms with van der Waals surface area (Å²) in [5.74, 6) is 0.533. The van der Waals surface area contributed by atoms with E-state index >= 15 is 0 Å². The van der Waals surface area contributed by atoms with Gasteiger partial charge in [-0.15, -0.1) is 11.3 Å². The number of rotatable bonds is 5. The molecule has 1 aliphatic carbocycles. The van der Waals surface area contributed by atoms with Crippen LogP contribution in [0.1, 0.15) is 39.0 Å². The number of thiazole rings is 1. The fourth-order valence-corrected chi connectivity index (χ4v) is 3.62. The maximum Gasteiger partial charge on any atom is 0.186 e. The minimum atomic E-state index is 0.533. The smallest absolute Gasteiger partial charge is 0.186 e. The summed E-state index contributed by atoms with van der Waals surface area (Å²) in [4.78, 5) is 20.0. The number of hydrogen-bond donors (Lipinski definition) is 0. The second-order valence-corrected chi connectivity index (χ2v) is 6.61. The Morgan fingerprint density at radius 1 is 1.56 bits per heavy atom. The molecule has 2 heterocycles. The van der Waals surface area contributed by atoms with Crippen molar-refractivity contribution in [2.45, 2.75) is 25.3 Å². The SMILES string of the molecule is CN(Cc1cccs1)c1nc(C2CC2)c(C=O)s1. The molecule has 1 aliphatic rings. The summed E-state index contributed by atoms with van der Waals surface area (Å²) in [6, 6.07) is 4.18. The fraction of sp³-hybridized carbons (Fsp3) is 0.385. The monoisotopic (exact) mass is 278 g/mol. The Labute approximate surface area is 114 Å². The van der Waals surface area contributed by atoms with E-state index in [9.17, 15) is 4.79 Å². The molecule has 5 heteroatoms. The number of nitrogens with zero attached hydrogens (tertiary/aromatic N) is 2. The van der Waals surface area contributed by atoms with Gasteiger partial charge in [0.1, 0.15) is 0 Å². The summed E-state index contributed by atoms with van der Waals surface area (Å²) in [6.07, 6.45) is 3.31. The standard InChI is InChI=1S/C13H14N2OS2/c1-15(7-10-3-2-6-17-10)13-14-12(9-4-5-9)11(8-16)18-13/h2-3,6,8-9H,4-5,7H2,1H3. The van der Waals surface area contributed by atoms with Crippen LogP contribution in [-0.2, 0) is 6.54 Å². The van der Waals surface area contributed by atoms with Gasteiger partial charge in [-0.1, -0.05) is 17.4 Å². The van der Waals surface area contributed by atoms with Crippen molar-refractivity contribution in [2.75, 3.05) is 11.9 Å². The number of thiophene rings is 1. The van der Waals surface area contributed by atoms with Crippen LogP contribution in [0.5, 0.6) is 0 Å². The van der Waals surface area contributed by atoms with Crippen LogP contribution in [0.2, 0.25) is 0 Å². The van der Waals surface area contributed by atoms with Crippen LogP contribution >= 0.6 is 22.7 Å². The van der Waals surface area contributed by atoms with Crippen LogP contribution < -0.4 is 4.90 Å². The highest BCUT2D eigenvalue weighted by atomic mass is 32.1. The second-order valence-electron chi connectivity index (χ2n) is 4.57. The zero-order valence-electron chi connectivity index (χ0n) is 10.1. The molecule has 0 aliphatic heterocycles. The molecule has 0 bridgehead atoms. The van der Waals surface area contributed by atoms with E-state index in [1.807, 2.05) is 7.05 Å². The molecule has 2 aromatic rings. The average Bonchev–Trinajstić information content (AvgIpc) is 2.92. The lowest BCUT2D eigenvalue weighted by molar-refractivity contribution is 0.112. The van der Waals surface area contributed by atoms with Gasteiger partial charge in [-0.25, -0.2) is 4.98 Å². The highest BCUT2D eigenvalue weighted by Crippen LogP contribution is 2.43. The highest BCUT2D eigenvalue weighted by molar-refractivity contribution is 7.17. The van der Waals surface area contributed by atoms with Crippen molar-refractivity contribution >= 4 is 34.1 Å². The Kier molecular flexibility index (Phi) is 3.18. The Morgan fingerprint density at radius 2 is 2.39 bits per heavy atom. The van der Waals surface area contributed by atoms with Crippen LogP contribution in [0.25, 0.3) is 0 Å². The van der Waals surface area contributed by atoms with Gasteiger partial charge >= 0.3 is 0 Å². The number of aromatic nitrogens is 1. The van der Waals surface area contributed by atoms with Gasteiger partial charge in [0, 0.05) is 17.8 Å². The van der Waals surface area contributed by atoms with Crippen molar-refractivity contribution in [1.82, 2.24) is 4.98 Å². The van der Waals surface area contributed by atoms with E-state index in [1.54, 1.807) is 11.3 Å². The van der Waals surface area contributed by atoms with Crippen LogP contribution in [0.15, 0.2) is 17.5 Å². The molecule has 3 rings (SSSR count). The van der Waals surface area contributed by atoms with E-state index in [2.05, 4.69) is 27.4 Å². The third-order valence-electron chi connectivity index (χ3n) is 3.04. The van der Waals surface area contributed by atoms with Crippen molar-refractivity contribution in [1.29, 1.82) is 0 Å². The van der Waals surface area contributed by atoms with Gasteiger partial charge < -0.3 is 4.90 Å². The first-order valence-electron chi connectivity index (χ1n) is 5.97. The van der Waals surface area contributed by atoms with E-state index < -0.39 is 0 Å². The number of anilines is 1. The molecular formula is C13H14N2OS2. The first kappa shape index (κ1) is 11.9. The molecule has 0 atom stereocenters. The summed E-state index contributed by atoms with van der Waals surface area (Å²) in [7, 11) is 2.03. The molecular weight excluding hydrogens is 264 g/mol. The van der Waals surface area contributed by atoms with Crippen LogP contribution in [0.4, 0.5) is 5.13 Å². The third kappa shape index (κ3) is 2.33. The third-order valence-corrected chi connectivity index (χ3v) is 5.01. The van der Waals surface area contributed by atoms with Gasteiger partial charge in [0.15, 0.2) is 11.4 Å². The van der Waals surface area contributed by atoms with Crippen LogP contribution in [0, 0.1) is 0 Å². The summed E-state index contributed by atoms with van der Waals surface area (Å²) < 4.78 is 0. The van der Waals surface area contributed by atoms with Crippen molar-refractivity contribution in [3.05, 3.63) is 33.0 Å². The van der Waals surface area contributed by atoms with Gasteiger partial charge in [0.25, 0.3) is 0 Å². The Hall–Kier alpha value is -1.20. The number of aldehydes is 1. The zero-order valence-corrected chi connectivity index (χ0v) is 11.8. The second kappa shape index (κ2) is 4.82. The van der Waals surface area contributed by atoms with E-state index in [0.717, 1.165) is 28.5 Å². The molecule has 0 aromatic carbocycles. The van der Waals surface area contributed by atoms with Gasteiger partial charge in [0.05, 0.1) is 17.1 Å².